The van der Waals surface area contributed by atoms with Gasteiger partial charge in [-0.15, -0.1) is 0 Å². The van der Waals surface area contributed by atoms with E-state index in [-0.39, 0.29) is 5.41 Å². The maximum absolute atomic E-state index is 9.85. The molecule has 0 aromatic heterocycles. The van der Waals surface area contributed by atoms with Crippen LogP contribution in [0.4, 0.5) is 0 Å². The molecule has 0 bridgehead atoms. The van der Waals surface area contributed by atoms with Gasteiger partial charge in [0.25, 0.3) is 0 Å². The quantitative estimate of drug-likeness (QED) is 0.704. The average Bonchev–Trinajstić information content (AvgIpc) is 2.50. The second-order valence-electron chi connectivity index (χ2n) is 5.51. The van der Waals surface area contributed by atoms with Gasteiger partial charge in [-0.3, -0.25) is 0 Å². The molecule has 20 heavy (non-hydrogen) atoms. The number of hydrogen-bond acceptors (Lipinski definition) is 1. The lowest BCUT2D eigenvalue weighted by Gasteiger charge is -2.33. The average molecular weight is 373 g/mol. The first-order chi connectivity index (χ1) is 9.73. The number of rotatable bonds is 2. The van der Waals surface area contributed by atoms with Crippen LogP contribution in [0.5, 0.6) is 0 Å². The first-order valence-corrected chi connectivity index (χ1v) is 8.05. The van der Waals surface area contributed by atoms with E-state index in [2.05, 4.69) is 77.2 Å². The molecule has 100 valence electrons. The minimum absolute atomic E-state index is 0.346. The fraction of sp³-hybridized carbons (Fsp3) is 0.278. The molecule has 0 aliphatic heterocycles. The van der Waals surface area contributed by atoms with E-state index in [1.807, 2.05) is 0 Å². The Morgan fingerprint density at radius 2 is 1.85 bits per heavy atom. The van der Waals surface area contributed by atoms with E-state index in [0.717, 1.165) is 25.7 Å². The van der Waals surface area contributed by atoms with Gasteiger partial charge < -0.3 is 0 Å². The van der Waals surface area contributed by atoms with Crippen molar-refractivity contribution >= 4 is 22.6 Å². The van der Waals surface area contributed by atoms with E-state index >= 15 is 0 Å². The Hall–Kier alpha value is -1.34. The third-order valence-corrected chi connectivity index (χ3v) is 4.93. The van der Waals surface area contributed by atoms with E-state index in [0.29, 0.717) is 0 Å². The molecule has 1 nitrogen and oxygen atoms in total. The number of nitriles is 1. The molecule has 1 atom stereocenters. The molecule has 0 fully saturated rings. The number of hydrogen-bond donors (Lipinski definition) is 0. The molecule has 0 heterocycles. The molecule has 1 aliphatic carbocycles. The van der Waals surface area contributed by atoms with Gasteiger partial charge in [0, 0.05) is 3.57 Å². The summed E-state index contributed by atoms with van der Waals surface area (Å²) in [5, 5.41) is 9.85. The second kappa shape index (κ2) is 5.57. The van der Waals surface area contributed by atoms with Crippen LogP contribution in [0.3, 0.4) is 0 Å². The predicted molar refractivity (Wildman–Crippen MR) is 89.5 cm³/mol. The largest absolute Gasteiger partial charge is 0.197 e. The minimum atomic E-state index is -0.346. The van der Waals surface area contributed by atoms with Crippen LogP contribution in [0.2, 0.25) is 0 Å². The lowest BCUT2D eigenvalue weighted by atomic mass is 9.68. The first-order valence-electron chi connectivity index (χ1n) is 6.98. The topological polar surface area (TPSA) is 23.8 Å². The smallest absolute Gasteiger partial charge is 0.0865 e. The maximum atomic E-state index is 9.85. The van der Waals surface area contributed by atoms with Gasteiger partial charge in [-0.25, -0.2) is 0 Å². The van der Waals surface area contributed by atoms with Crippen LogP contribution >= 0.6 is 22.6 Å². The third kappa shape index (κ3) is 2.47. The lowest BCUT2D eigenvalue weighted by Crippen LogP contribution is -2.31. The molecule has 2 aromatic rings. The van der Waals surface area contributed by atoms with Crippen molar-refractivity contribution in [3.63, 3.8) is 0 Å². The zero-order chi connectivity index (χ0) is 14.0. The standard InChI is InChI=1S/C18H16IN/c19-16-9-7-14(8-10-16)12-18(13-20)11-3-5-15-4-1-2-6-17(15)18/h1-2,4,6-10H,3,5,11-12H2. The van der Waals surface area contributed by atoms with Gasteiger partial charge in [0.05, 0.1) is 11.5 Å². The van der Waals surface area contributed by atoms with Gasteiger partial charge in [0.1, 0.15) is 0 Å². The van der Waals surface area contributed by atoms with E-state index in [9.17, 15) is 5.26 Å². The number of fused-ring (bicyclic) bond motifs is 1. The summed E-state index contributed by atoms with van der Waals surface area (Å²) in [4.78, 5) is 0. The van der Waals surface area contributed by atoms with E-state index in [4.69, 9.17) is 0 Å². The summed E-state index contributed by atoms with van der Waals surface area (Å²) < 4.78 is 1.24. The SMILES string of the molecule is N#CC1(Cc2ccc(I)cc2)CCCc2ccccc21. The van der Waals surface area contributed by atoms with Crippen molar-refractivity contribution in [2.45, 2.75) is 31.1 Å². The number of aryl methyl sites for hydroxylation is 1. The molecule has 0 amide bonds. The summed E-state index contributed by atoms with van der Waals surface area (Å²) in [6.45, 7) is 0. The molecule has 1 aliphatic rings. The normalized spacial score (nSPS) is 21.0. The summed E-state index contributed by atoms with van der Waals surface area (Å²) in [7, 11) is 0. The summed E-state index contributed by atoms with van der Waals surface area (Å²) in [5.74, 6) is 0. The van der Waals surface area contributed by atoms with Crippen molar-refractivity contribution in [1.82, 2.24) is 0 Å². The van der Waals surface area contributed by atoms with Crippen molar-refractivity contribution in [2.24, 2.45) is 0 Å². The Labute approximate surface area is 133 Å². The molecule has 0 spiro atoms. The summed E-state index contributed by atoms with van der Waals surface area (Å²) in [6.07, 6.45) is 3.99. The lowest BCUT2D eigenvalue weighted by molar-refractivity contribution is 0.450. The predicted octanol–water partition coefficient (Wildman–Crippen LogP) is 4.63. The Balaban J connectivity index is 2.01. The molecule has 3 rings (SSSR count). The maximum Gasteiger partial charge on any atom is 0.0865 e. The Kier molecular flexibility index (Phi) is 3.80. The van der Waals surface area contributed by atoms with Gasteiger partial charge in [-0.2, -0.15) is 5.26 Å². The van der Waals surface area contributed by atoms with E-state index in [1.54, 1.807) is 0 Å². The fourth-order valence-corrected chi connectivity index (χ4v) is 3.57. The highest BCUT2D eigenvalue weighted by Crippen LogP contribution is 2.39. The second-order valence-corrected chi connectivity index (χ2v) is 6.75. The van der Waals surface area contributed by atoms with Crippen LogP contribution in [0.25, 0.3) is 0 Å². The summed E-state index contributed by atoms with van der Waals surface area (Å²) in [6, 6.07) is 19.6. The fourth-order valence-electron chi connectivity index (χ4n) is 3.21. The van der Waals surface area contributed by atoms with Gasteiger partial charge in [0.2, 0.25) is 0 Å². The van der Waals surface area contributed by atoms with Crippen LogP contribution in [-0.2, 0) is 18.3 Å². The Morgan fingerprint density at radius 3 is 2.60 bits per heavy atom. The Bertz CT molecular complexity index is 654. The highest BCUT2D eigenvalue weighted by molar-refractivity contribution is 14.1. The van der Waals surface area contributed by atoms with Gasteiger partial charge >= 0.3 is 0 Å². The highest BCUT2D eigenvalue weighted by atomic mass is 127. The van der Waals surface area contributed by atoms with Crippen LogP contribution in [0.15, 0.2) is 48.5 Å². The molecule has 0 N–H and O–H groups in total. The van der Waals surface area contributed by atoms with Crippen LogP contribution < -0.4 is 0 Å². The zero-order valence-electron chi connectivity index (χ0n) is 11.3. The van der Waals surface area contributed by atoms with Crippen LogP contribution in [0, 0.1) is 14.9 Å². The number of benzene rings is 2. The van der Waals surface area contributed by atoms with Crippen molar-refractivity contribution in [3.8, 4) is 6.07 Å². The number of halogens is 1. The third-order valence-electron chi connectivity index (χ3n) is 4.22. The van der Waals surface area contributed by atoms with Crippen molar-refractivity contribution in [3.05, 3.63) is 68.8 Å². The molecule has 1 unspecified atom stereocenters. The van der Waals surface area contributed by atoms with Crippen LogP contribution in [0.1, 0.15) is 29.5 Å². The van der Waals surface area contributed by atoms with E-state index in [1.165, 1.54) is 20.3 Å². The Morgan fingerprint density at radius 1 is 1.10 bits per heavy atom. The molecular formula is C18H16IN. The van der Waals surface area contributed by atoms with Crippen molar-refractivity contribution in [1.29, 1.82) is 5.26 Å². The minimum Gasteiger partial charge on any atom is -0.197 e. The zero-order valence-corrected chi connectivity index (χ0v) is 13.4. The first kappa shape index (κ1) is 13.6. The molecule has 0 saturated heterocycles. The van der Waals surface area contributed by atoms with Gasteiger partial charge in [-0.05, 0) is 77.1 Å². The van der Waals surface area contributed by atoms with Crippen molar-refractivity contribution in [2.75, 3.05) is 0 Å². The van der Waals surface area contributed by atoms with E-state index < -0.39 is 0 Å². The number of nitrogens with zero attached hydrogens (tertiary/aromatic N) is 1. The van der Waals surface area contributed by atoms with Crippen molar-refractivity contribution < 1.29 is 0 Å². The van der Waals surface area contributed by atoms with Gasteiger partial charge in [0.15, 0.2) is 0 Å². The van der Waals surface area contributed by atoms with Crippen LogP contribution in [-0.4, -0.2) is 0 Å². The highest BCUT2D eigenvalue weighted by Gasteiger charge is 2.36. The molecule has 0 saturated carbocycles. The molecule has 2 aromatic carbocycles. The molecular weight excluding hydrogens is 357 g/mol. The molecule has 0 radical (unpaired) electrons. The summed E-state index contributed by atoms with van der Waals surface area (Å²) >= 11 is 2.32. The summed E-state index contributed by atoms with van der Waals surface area (Å²) in [5.41, 5.74) is 3.50. The monoisotopic (exact) mass is 373 g/mol. The molecule has 2 heteroatoms. The van der Waals surface area contributed by atoms with Gasteiger partial charge in [-0.1, -0.05) is 36.4 Å².